The monoisotopic (exact) mass is 322 g/mol. The molecule has 5 nitrogen and oxygen atoms in total. The zero-order valence-corrected chi connectivity index (χ0v) is 12.9. The van der Waals surface area contributed by atoms with E-state index in [0.717, 1.165) is 5.01 Å². The molecule has 0 aliphatic carbocycles. The first-order chi connectivity index (χ1) is 9.69. The lowest BCUT2D eigenvalue weighted by molar-refractivity contribution is 0.925. The summed E-state index contributed by atoms with van der Waals surface area (Å²) in [5.74, 6) is 0.487. The molecular formula is C12H10N4OS3. The molecule has 2 heterocycles. The molecule has 102 valence electrons. The van der Waals surface area contributed by atoms with E-state index < -0.39 is 0 Å². The van der Waals surface area contributed by atoms with Crippen molar-refractivity contribution in [2.24, 2.45) is 0 Å². The molecule has 20 heavy (non-hydrogen) atoms. The van der Waals surface area contributed by atoms with Gasteiger partial charge < -0.3 is 4.98 Å². The topological polar surface area (TPSA) is 71.5 Å². The zero-order chi connectivity index (χ0) is 14.1. The summed E-state index contributed by atoms with van der Waals surface area (Å²) < 4.78 is 4.19. The summed E-state index contributed by atoms with van der Waals surface area (Å²) in [4.78, 5) is 23.6. The van der Waals surface area contributed by atoms with Crippen molar-refractivity contribution in [2.75, 3.05) is 6.26 Å². The number of rotatable bonds is 3. The number of H-pyrrole nitrogens is 1. The molecule has 1 aromatic carbocycles. The van der Waals surface area contributed by atoms with E-state index in [-0.39, 0.29) is 10.8 Å². The molecule has 0 aliphatic heterocycles. The number of hydrogen-bond acceptors (Lipinski definition) is 7. The normalized spacial score (nSPS) is 12.7. The summed E-state index contributed by atoms with van der Waals surface area (Å²) in [6.45, 7) is 0. The van der Waals surface area contributed by atoms with E-state index in [0.29, 0.717) is 21.9 Å². The molecule has 8 heteroatoms. The second-order valence-electron chi connectivity index (χ2n) is 3.99. The Labute approximate surface area is 128 Å². The Morgan fingerprint density at radius 3 is 2.90 bits per heavy atom. The number of thioether (sulfide) groups is 1. The fourth-order valence-electron chi connectivity index (χ4n) is 1.77. The molecule has 0 saturated carbocycles. The molecule has 3 rings (SSSR count). The van der Waals surface area contributed by atoms with Crippen LogP contribution in [0, 0.1) is 0 Å². The summed E-state index contributed by atoms with van der Waals surface area (Å²) in [5, 5.41) is 1.60. The molecule has 3 aromatic rings. The van der Waals surface area contributed by atoms with Crippen LogP contribution in [0.3, 0.4) is 0 Å². The molecule has 0 aliphatic rings. The van der Waals surface area contributed by atoms with Crippen LogP contribution in [0.1, 0.15) is 16.1 Å². The van der Waals surface area contributed by atoms with Gasteiger partial charge in [0.15, 0.2) is 5.16 Å². The summed E-state index contributed by atoms with van der Waals surface area (Å²) in [6, 6.07) is 7.21. The van der Waals surface area contributed by atoms with Crippen molar-refractivity contribution in [3.8, 4) is 0 Å². The van der Waals surface area contributed by atoms with Crippen LogP contribution in [0.15, 0.2) is 34.2 Å². The van der Waals surface area contributed by atoms with Crippen molar-refractivity contribution in [3.05, 3.63) is 45.5 Å². The van der Waals surface area contributed by atoms with Crippen LogP contribution in [0.5, 0.6) is 0 Å². The van der Waals surface area contributed by atoms with Gasteiger partial charge in [-0.2, -0.15) is 17.0 Å². The van der Waals surface area contributed by atoms with Gasteiger partial charge in [0.2, 0.25) is 0 Å². The lowest BCUT2D eigenvalue weighted by Gasteiger charge is -2.07. The lowest BCUT2D eigenvalue weighted by atomic mass is 10.2. The number of nitrogens with one attached hydrogen (secondary N) is 1. The largest absolute Gasteiger partial charge is 0.309 e. The first kappa shape index (κ1) is 13.6. The van der Waals surface area contributed by atoms with Crippen LogP contribution in [0.25, 0.3) is 10.9 Å². The van der Waals surface area contributed by atoms with Gasteiger partial charge in [-0.3, -0.25) is 4.79 Å². The number of aromatic amines is 1. The van der Waals surface area contributed by atoms with E-state index >= 15 is 0 Å². The molecule has 0 bridgehead atoms. The van der Waals surface area contributed by atoms with Crippen molar-refractivity contribution in [2.45, 2.75) is 10.4 Å². The van der Waals surface area contributed by atoms with E-state index in [4.69, 9.17) is 0 Å². The van der Waals surface area contributed by atoms with Crippen LogP contribution in [0.2, 0.25) is 0 Å². The molecule has 0 saturated heterocycles. The highest BCUT2D eigenvalue weighted by Gasteiger charge is 2.18. The van der Waals surface area contributed by atoms with E-state index in [1.54, 1.807) is 6.07 Å². The molecule has 0 amide bonds. The third-order valence-corrected chi connectivity index (χ3v) is 4.84. The van der Waals surface area contributed by atoms with Crippen LogP contribution < -0.4 is 5.56 Å². The Bertz CT molecular complexity index is 814. The van der Waals surface area contributed by atoms with Crippen LogP contribution in [-0.4, -0.2) is 25.6 Å². The summed E-state index contributed by atoms with van der Waals surface area (Å²) in [5.41, 5.74) is 0.485. The van der Waals surface area contributed by atoms with Crippen molar-refractivity contribution < 1.29 is 0 Å². The highest BCUT2D eigenvalue weighted by molar-refractivity contribution is 7.98. The Kier molecular flexibility index (Phi) is 3.77. The molecule has 1 atom stereocenters. The zero-order valence-electron chi connectivity index (χ0n) is 10.4. The second kappa shape index (κ2) is 5.55. The van der Waals surface area contributed by atoms with Gasteiger partial charge in [0, 0.05) is 0 Å². The number of nitrogens with zero attached hydrogens (tertiary/aromatic N) is 3. The summed E-state index contributed by atoms with van der Waals surface area (Å²) in [6.07, 6.45) is 1.91. The van der Waals surface area contributed by atoms with E-state index in [2.05, 4.69) is 32.0 Å². The Balaban J connectivity index is 2.07. The average Bonchev–Trinajstić information content (AvgIpc) is 2.95. The van der Waals surface area contributed by atoms with Gasteiger partial charge in [-0.05, 0) is 29.9 Å². The van der Waals surface area contributed by atoms with Crippen molar-refractivity contribution >= 4 is 46.8 Å². The van der Waals surface area contributed by atoms with Gasteiger partial charge in [0.1, 0.15) is 16.1 Å². The maximum Gasteiger partial charge on any atom is 0.258 e. The Morgan fingerprint density at radius 1 is 1.35 bits per heavy atom. The predicted octanol–water partition coefficient (Wildman–Crippen LogP) is 2.52. The number of fused-ring (bicyclic) bond motifs is 1. The Hall–Kier alpha value is -1.38. The quantitative estimate of drug-likeness (QED) is 0.573. The first-order valence-electron chi connectivity index (χ1n) is 5.73. The van der Waals surface area contributed by atoms with Crippen LogP contribution in [-0.2, 0) is 0 Å². The highest BCUT2D eigenvalue weighted by Crippen LogP contribution is 2.28. The molecular weight excluding hydrogens is 312 g/mol. The minimum Gasteiger partial charge on any atom is -0.309 e. The van der Waals surface area contributed by atoms with Gasteiger partial charge in [0.25, 0.3) is 5.56 Å². The molecule has 0 spiro atoms. The number of aromatic nitrogens is 4. The second-order valence-corrected chi connectivity index (χ2v) is 6.06. The molecule has 1 N–H and O–H groups in total. The highest BCUT2D eigenvalue weighted by atomic mass is 32.2. The standard InChI is InChI=1S/C12H10N4OS3/c1-19-12-15-11(20-16-12)8(18)9-13-7-5-3-2-4-6(7)10(17)14-9/h2-5,8,18H,1H3,(H,13,14,17). The van der Waals surface area contributed by atoms with E-state index in [1.165, 1.54) is 23.3 Å². The van der Waals surface area contributed by atoms with Gasteiger partial charge in [-0.15, -0.1) is 0 Å². The summed E-state index contributed by atoms with van der Waals surface area (Å²) in [7, 11) is 0. The van der Waals surface area contributed by atoms with Crippen molar-refractivity contribution in [3.63, 3.8) is 0 Å². The smallest absolute Gasteiger partial charge is 0.258 e. The molecule has 0 radical (unpaired) electrons. The van der Waals surface area contributed by atoms with Crippen LogP contribution in [0.4, 0.5) is 0 Å². The van der Waals surface area contributed by atoms with Gasteiger partial charge in [0.05, 0.1) is 10.9 Å². The van der Waals surface area contributed by atoms with Crippen molar-refractivity contribution in [1.29, 1.82) is 0 Å². The number of hydrogen-bond donors (Lipinski definition) is 2. The number of thiol groups is 1. The predicted molar refractivity (Wildman–Crippen MR) is 84.9 cm³/mol. The lowest BCUT2D eigenvalue weighted by Crippen LogP contribution is -2.13. The molecule has 0 fully saturated rings. The molecule has 1 unspecified atom stereocenters. The minimum atomic E-state index is -0.384. The van der Waals surface area contributed by atoms with E-state index in [1.807, 2.05) is 24.5 Å². The SMILES string of the molecule is CSc1nsc(C(S)c2nc3ccccc3c(=O)[nH]2)n1. The average molecular weight is 322 g/mol. The van der Waals surface area contributed by atoms with Gasteiger partial charge >= 0.3 is 0 Å². The number of benzene rings is 1. The third-order valence-electron chi connectivity index (χ3n) is 2.73. The maximum atomic E-state index is 12.0. The maximum absolute atomic E-state index is 12.0. The van der Waals surface area contributed by atoms with Gasteiger partial charge in [-0.25, -0.2) is 9.97 Å². The van der Waals surface area contributed by atoms with E-state index in [9.17, 15) is 4.79 Å². The fourth-order valence-corrected chi connectivity index (χ4v) is 3.30. The number of para-hydroxylation sites is 1. The van der Waals surface area contributed by atoms with Gasteiger partial charge in [-0.1, -0.05) is 23.9 Å². The molecule has 2 aromatic heterocycles. The Morgan fingerprint density at radius 2 is 2.15 bits per heavy atom. The minimum absolute atomic E-state index is 0.167. The van der Waals surface area contributed by atoms with Crippen molar-refractivity contribution in [1.82, 2.24) is 19.3 Å². The van der Waals surface area contributed by atoms with Crippen LogP contribution >= 0.6 is 35.9 Å². The summed E-state index contributed by atoms with van der Waals surface area (Å²) >= 11 is 7.24. The first-order valence-corrected chi connectivity index (χ1v) is 8.25. The fraction of sp³-hybridized carbons (Fsp3) is 0.167. The third kappa shape index (κ3) is 2.46.